The van der Waals surface area contributed by atoms with Gasteiger partial charge >= 0.3 is 0 Å². The maximum atomic E-state index is 11.9. The SMILES string of the molecule is CCC(C)(CCO)NC(=O)/C=C/c1ccc(C)c(Cl)c1. The summed E-state index contributed by atoms with van der Waals surface area (Å²) in [4.78, 5) is 11.9. The second kappa shape index (κ2) is 7.46. The van der Waals surface area contributed by atoms with E-state index in [0.29, 0.717) is 11.4 Å². The number of halogens is 1. The first-order valence-corrected chi connectivity index (χ1v) is 7.15. The fourth-order valence-electron chi connectivity index (χ4n) is 1.80. The number of carbonyl (C=O) groups is 1. The van der Waals surface area contributed by atoms with Crippen molar-refractivity contribution in [2.75, 3.05) is 6.61 Å². The summed E-state index contributed by atoms with van der Waals surface area (Å²) < 4.78 is 0. The molecule has 1 amide bonds. The van der Waals surface area contributed by atoms with Crippen LogP contribution in [0.15, 0.2) is 24.3 Å². The molecule has 0 heterocycles. The number of rotatable bonds is 6. The average molecular weight is 296 g/mol. The zero-order valence-electron chi connectivity index (χ0n) is 12.2. The van der Waals surface area contributed by atoms with Crippen molar-refractivity contribution in [2.45, 2.75) is 39.2 Å². The molecule has 0 aliphatic heterocycles. The highest BCUT2D eigenvalue weighted by Gasteiger charge is 2.22. The number of hydrogen-bond donors (Lipinski definition) is 2. The van der Waals surface area contributed by atoms with Crippen LogP contribution in [0.1, 0.15) is 37.8 Å². The van der Waals surface area contributed by atoms with Gasteiger partial charge in [0.25, 0.3) is 0 Å². The van der Waals surface area contributed by atoms with Crippen LogP contribution in [0.4, 0.5) is 0 Å². The molecule has 1 aromatic rings. The molecule has 0 aliphatic carbocycles. The van der Waals surface area contributed by atoms with Crippen LogP contribution in [0.3, 0.4) is 0 Å². The Kier molecular flexibility index (Phi) is 6.24. The molecule has 0 radical (unpaired) electrons. The van der Waals surface area contributed by atoms with Gasteiger partial charge in [0.15, 0.2) is 0 Å². The number of benzene rings is 1. The van der Waals surface area contributed by atoms with Crippen molar-refractivity contribution < 1.29 is 9.90 Å². The van der Waals surface area contributed by atoms with Gasteiger partial charge in [0, 0.05) is 23.2 Å². The standard InChI is InChI=1S/C16H22ClNO2/c1-4-16(3,9-10-19)18-15(20)8-7-13-6-5-12(2)14(17)11-13/h5-8,11,19H,4,9-10H2,1-3H3,(H,18,20)/b8-7+. The van der Waals surface area contributed by atoms with E-state index in [9.17, 15) is 4.79 Å². The van der Waals surface area contributed by atoms with E-state index in [1.165, 1.54) is 6.08 Å². The summed E-state index contributed by atoms with van der Waals surface area (Å²) >= 11 is 6.04. The number of amides is 1. The van der Waals surface area contributed by atoms with Crippen LogP contribution in [0, 0.1) is 6.92 Å². The fraction of sp³-hybridized carbons (Fsp3) is 0.438. The zero-order chi connectivity index (χ0) is 15.2. The Balaban J connectivity index is 2.69. The minimum absolute atomic E-state index is 0.0574. The Labute approximate surface area is 125 Å². The number of aliphatic hydroxyl groups excluding tert-OH is 1. The van der Waals surface area contributed by atoms with Gasteiger partial charge in [-0.25, -0.2) is 0 Å². The van der Waals surface area contributed by atoms with Gasteiger partial charge in [0.2, 0.25) is 5.91 Å². The van der Waals surface area contributed by atoms with Crippen molar-refractivity contribution >= 4 is 23.6 Å². The third-order valence-electron chi connectivity index (χ3n) is 3.49. The minimum atomic E-state index is -0.374. The molecule has 0 saturated heterocycles. The van der Waals surface area contributed by atoms with Gasteiger partial charge in [0.1, 0.15) is 0 Å². The largest absolute Gasteiger partial charge is 0.396 e. The molecule has 1 aromatic carbocycles. The van der Waals surface area contributed by atoms with Gasteiger partial charge in [-0.15, -0.1) is 0 Å². The lowest BCUT2D eigenvalue weighted by Crippen LogP contribution is -2.45. The molecule has 1 rings (SSSR count). The Hall–Kier alpha value is -1.32. The van der Waals surface area contributed by atoms with Crippen LogP contribution in [-0.4, -0.2) is 23.2 Å². The second-order valence-corrected chi connectivity index (χ2v) is 5.63. The maximum absolute atomic E-state index is 11.9. The Morgan fingerprint density at radius 3 is 2.75 bits per heavy atom. The van der Waals surface area contributed by atoms with Gasteiger partial charge in [-0.05, 0) is 50.0 Å². The molecule has 20 heavy (non-hydrogen) atoms. The highest BCUT2D eigenvalue weighted by atomic mass is 35.5. The Morgan fingerprint density at radius 1 is 1.50 bits per heavy atom. The first-order valence-electron chi connectivity index (χ1n) is 6.77. The molecule has 0 fully saturated rings. The first-order chi connectivity index (χ1) is 9.40. The molecular weight excluding hydrogens is 274 g/mol. The van der Waals surface area contributed by atoms with E-state index in [2.05, 4.69) is 5.32 Å². The van der Waals surface area contributed by atoms with Gasteiger partial charge in [-0.3, -0.25) is 4.79 Å². The summed E-state index contributed by atoms with van der Waals surface area (Å²) in [7, 11) is 0. The fourth-order valence-corrected chi connectivity index (χ4v) is 1.99. The van der Waals surface area contributed by atoms with Crippen molar-refractivity contribution in [3.8, 4) is 0 Å². The lowest BCUT2D eigenvalue weighted by Gasteiger charge is -2.28. The molecular formula is C16H22ClNO2. The summed E-state index contributed by atoms with van der Waals surface area (Å²) in [6.45, 7) is 5.91. The molecule has 1 atom stereocenters. The van der Waals surface area contributed by atoms with Crippen molar-refractivity contribution in [1.29, 1.82) is 0 Å². The second-order valence-electron chi connectivity index (χ2n) is 5.22. The summed E-state index contributed by atoms with van der Waals surface area (Å²) in [5.74, 6) is -0.167. The van der Waals surface area contributed by atoms with Gasteiger partial charge in [-0.1, -0.05) is 30.7 Å². The number of aliphatic hydroxyl groups is 1. The Morgan fingerprint density at radius 2 is 2.20 bits per heavy atom. The lowest BCUT2D eigenvalue weighted by atomic mass is 9.95. The minimum Gasteiger partial charge on any atom is -0.396 e. The van der Waals surface area contributed by atoms with Crippen molar-refractivity contribution in [2.24, 2.45) is 0 Å². The highest BCUT2D eigenvalue weighted by Crippen LogP contribution is 2.18. The van der Waals surface area contributed by atoms with E-state index >= 15 is 0 Å². The van der Waals surface area contributed by atoms with Crippen molar-refractivity contribution in [1.82, 2.24) is 5.32 Å². The molecule has 0 bridgehead atoms. The molecule has 1 unspecified atom stereocenters. The van der Waals surface area contributed by atoms with E-state index < -0.39 is 0 Å². The molecule has 0 aliphatic rings. The first kappa shape index (κ1) is 16.7. The van der Waals surface area contributed by atoms with E-state index in [4.69, 9.17) is 16.7 Å². The maximum Gasteiger partial charge on any atom is 0.244 e. The van der Waals surface area contributed by atoms with Gasteiger partial charge < -0.3 is 10.4 Å². The summed E-state index contributed by atoms with van der Waals surface area (Å²) in [6, 6.07) is 5.66. The monoisotopic (exact) mass is 295 g/mol. The summed E-state index contributed by atoms with van der Waals surface area (Å²) in [5.41, 5.74) is 1.52. The molecule has 0 spiro atoms. The van der Waals surface area contributed by atoms with Crippen LogP contribution >= 0.6 is 11.6 Å². The molecule has 0 saturated carbocycles. The van der Waals surface area contributed by atoms with Crippen LogP contribution in [-0.2, 0) is 4.79 Å². The number of nitrogens with one attached hydrogen (secondary N) is 1. The smallest absolute Gasteiger partial charge is 0.244 e. The van der Waals surface area contributed by atoms with Crippen molar-refractivity contribution in [3.63, 3.8) is 0 Å². The topological polar surface area (TPSA) is 49.3 Å². The summed E-state index contributed by atoms with van der Waals surface area (Å²) in [6.07, 6.45) is 4.53. The number of hydrogen-bond acceptors (Lipinski definition) is 2. The highest BCUT2D eigenvalue weighted by molar-refractivity contribution is 6.31. The molecule has 0 aromatic heterocycles. The van der Waals surface area contributed by atoms with E-state index in [0.717, 1.165) is 17.5 Å². The molecule has 110 valence electrons. The van der Waals surface area contributed by atoms with E-state index in [1.54, 1.807) is 6.08 Å². The third kappa shape index (κ3) is 4.99. The lowest BCUT2D eigenvalue weighted by molar-refractivity contribution is -0.118. The predicted molar refractivity (Wildman–Crippen MR) is 83.8 cm³/mol. The van der Waals surface area contributed by atoms with Gasteiger partial charge in [0.05, 0.1) is 0 Å². The third-order valence-corrected chi connectivity index (χ3v) is 3.90. The van der Waals surface area contributed by atoms with Crippen LogP contribution in [0.5, 0.6) is 0 Å². The normalized spacial score (nSPS) is 14.2. The summed E-state index contributed by atoms with van der Waals surface area (Å²) in [5, 5.41) is 12.6. The van der Waals surface area contributed by atoms with Crippen molar-refractivity contribution in [3.05, 3.63) is 40.4 Å². The number of carbonyl (C=O) groups excluding carboxylic acids is 1. The molecule has 3 nitrogen and oxygen atoms in total. The predicted octanol–water partition coefficient (Wildman–Crippen LogP) is 3.33. The quantitative estimate of drug-likeness (QED) is 0.791. The zero-order valence-corrected chi connectivity index (χ0v) is 13.0. The number of aryl methyl sites for hydroxylation is 1. The molecule has 2 N–H and O–H groups in total. The van der Waals surface area contributed by atoms with Crippen LogP contribution in [0.2, 0.25) is 5.02 Å². The molecule has 4 heteroatoms. The van der Waals surface area contributed by atoms with Gasteiger partial charge in [-0.2, -0.15) is 0 Å². The van der Waals surface area contributed by atoms with E-state index in [-0.39, 0.29) is 18.1 Å². The van der Waals surface area contributed by atoms with E-state index in [1.807, 2.05) is 39.0 Å². The Bertz CT molecular complexity index is 499. The van der Waals surface area contributed by atoms with Crippen LogP contribution < -0.4 is 5.32 Å². The van der Waals surface area contributed by atoms with Crippen LogP contribution in [0.25, 0.3) is 6.08 Å². The average Bonchev–Trinajstić information content (AvgIpc) is 2.40.